The molecule has 0 bridgehead atoms. The zero-order valence-electron chi connectivity index (χ0n) is 12.1. The van der Waals surface area contributed by atoms with Gasteiger partial charge in [-0.05, 0) is 19.1 Å². The maximum Gasteiger partial charge on any atom is 0.433 e. The summed E-state index contributed by atoms with van der Waals surface area (Å²) in [5, 5.41) is 0.898. The van der Waals surface area contributed by atoms with E-state index in [1.54, 1.807) is 22.9 Å². The number of pyridine rings is 1. The summed E-state index contributed by atoms with van der Waals surface area (Å²) in [6, 6.07) is 2.48. The molecular weight excluding hydrogens is 384 g/mol. The minimum absolute atomic E-state index is 0.0449. The van der Waals surface area contributed by atoms with Gasteiger partial charge in [0.05, 0.1) is 15.7 Å². The first-order valence-corrected chi connectivity index (χ1v) is 8.35. The Kier molecular flexibility index (Phi) is 4.63. The lowest BCUT2D eigenvalue weighted by Crippen LogP contribution is -2.10. The molecule has 3 aromatic rings. The SMILES string of the molecule is Cc1cc(C(F)(F)F)nc(SCc2cn3cc(Cl)cc(Cl)c3n2)n1. The van der Waals surface area contributed by atoms with E-state index < -0.39 is 11.9 Å². The van der Waals surface area contributed by atoms with Crippen LogP contribution in [0.4, 0.5) is 13.2 Å². The monoisotopic (exact) mass is 392 g/mol. The number of fused-ring (bicyclic) bond motifs is 1. The molecule has 0 N–H and O–H groups in total. The van der Waals surface area contributed by atoms with Crippen molar-refractivity contribution >= 4 is 40.6 Å². The van der Waals surface area contributed by atoms with Gasteiger partial charge in [-0.1, -0.05) is 35.0 Å². The molecule has 4 nitrogen and oxygen atoms in total. The molecule has 0 aliphatic carbocycles. The summed E-state index contributed by atoms with van der Waals surface area (Å²) in [6.07, 6.45) is -1.15. The van der Waals surface area contributed by atoms with Gasteiger partial charge in [0.15, 0.2) is 10.8 Å². The molecule has 0 aromatic carbocycles. The highest BCUT2D eigenvalue weighted by Gasteiger charge is 2.33. The largest absolute Gasteiger partial charge is 0.433 e. The molecule has 3 aromatic heterocycles. The van der Waals surface area contributed by atoms with E-state index in [4.69, 9.17) is 23.2 Å². The van der Waals surface area contributed by atoms with Gasteiger partial charge in [-0.3, -0.25) is 0 Å². The predicted octanol–water partition coefficient (Wildman–Crippen LogP) is 5.05. The molecular formula is C14H9Cl2F3N4S. The quantitative estimate of drug-likeness (QED) is 0.461. The van der Waals surface area contributed by atoms with Gasteiger partial charge in [-0.2, -0.15) is 13.2 Å². The molecule has 0 atom stereocenters. The Labute approximate surface area is 149 Å². The fourth-order valence-electron chi connectivity index (χ4n) is 2.03. The summed E-state index contributed by atoms with van der Waals surface area (Å²) < 4.78 is 40.0. The van der Waals surface area contributed by atoms with Crippen LogP contribution < -0.4 is 0 Å². The zero-order valence-corrected chi connectivity index (χ0v) is 14.4. The number of imidazole rings is 1. The molecule has 3 heterocycles. The van der Waals surface area contributed by atoms with E-state index >= 15 is 0 Å². The van der Waals surface area contributed by atoms with Crippen LogP contribution in [0.15, 0.2) is 29.7 Å². The van der Waals surface area contributed by atoms with Crippen LogP contribution in [0.1, 0.15) is 17.1 Å². The van der Waals surface area contributed by atoms with Crippen molar-refractivity contribution in [3.8, 4) is 0 Å². The van der Waals surface area contributed by atoms with E-state index in [0.29, 0.717) is 27.1 Å². The van der Waals surface area contributed by atoms with Crippen LogP contribution in [0, 0.1) is 6.92 Å². The highest BCUT2D eigenvalue weighted by molar-refractivity contribution is 7.98. The summed E-state index contributed by atoms with van der Waals surface area (Å²) in [5.74, 6) is 0.302. The van der Waals surface area contributed by atoms with Gasteiger partial charge in [0.2, 0.25) is 0 Å². The zero-order chi connectivity index (χ0) is 17.5. The third-order valence-corrected chi connectivity index (χ3v) is 4.36. The third-order valence-electron chi connectivity index (χ3n) is 3.00. The molecule has 0 amide bonds. The minimum atomic E-state index is -4.50. The van der Waals surface area contributed by atoms with Crippen molar-refractivity contribution in [3.05, 3.63) is 51.7 Å². The molecule has 0 aliphatic heterocycles. The molecule has 126 valence electrons. The molecule has 0 radical (unpaired) electrons. The normalized spacial score (nSPS) is 12.1. The number of hydrogen-bond acceptors (Lipinski definition) is 4. The Hall–Kier alpha value is -1.51. The van der Waals surface area contributed by atoms with Gasteiger partial charge < -0.3 is 4.40 Å². The number of rotatable bonds is 3. The first-order chi connectivity index (χ1) is 11.2. The Morgan fingerprint density at radius 2 is 1.88 bits per heavy atom. The van der Waals surface area contributed by atoms with Gasteiger partial charge in [0, 0.05) is 23.8 Å². The number of alkyl halides is 3. The summed E-state index contributed by atoms with van der Waals surface area (Å²) in [5.41, 5.74) is 0.451. The van der Waals surface area contributed by atoms with Gasteiger partial charge in [0.1, 0.15) is 5.69 Å². The van der Waals surface area contributed by atoms with E-state index in [-0.39, 0.29) is 10.9 Å². The second kappa shape index (κ2) is 6.42. The van der Waals surface area contributed by atoms with Crippen LogP contribution in [0.25, 0.3) is 5.65 Å². The third kappa shape index (κ3) is 3.76. The van der Waals surface area contributed by atoms with Crippen molar-refractivity contribution in [1.29, 1.82) is 0 Å². The fraction of sp³-hybridized carbons (Fsp3) is 0.214. The average molecular weight is 393 g/mol. The molecule has 0 spiro atoms. The fourth-order valence-corrected chi connectivity index (χ4v) is 3.35. The second-order valence-corrected chi connectivity index (χ2v) is 6.72. The molecule has 10 heteroatoms. The van der Waals surface area contributed by atoms with E-state index in [9.17, 15) is 13.2 Å². The van der Waals surface area contributed by atoms with Crippen LogP contribution in [0.2, 0.25) is 10.0 Å². The van der Waals surface area contributed by atoms with Crippen LogP contribution in [-0.4, -0.2) is 19.4 Å². The number of aryl methyl sites for hydroxylation is 1. The Morgan fingerprint density at radius 3 is 2.58 bits per heavy atom. The lowest BCUT2D eigenvalue weighted by molar-refractivity contribution is -0.141. The first kappa shape index (κ1) is 17.3. The van der Waals surface area contributed by atoms with Crippen molar-refractivity contribution < 1.29 is 13.2 Å². The van der Waals surface area contributed by atoms with E-state index in [0.717, 1.165) is 17.8 Å². The van der Waals surface area contributed by atoms with E-state index in [1.807, 2.05) is 0 Å². The van der Waals surface area contributed by atoms with Gasteiger partial charge in [-0.15, -0.1) is 0 Å². The molecule has 0 saturated carbocycles. The summed E-state index contributed by atoms with van der Waals surface area (Å²) in [4.78, 5) is 11.9. The topological polar surface area (TPSA) is 43.1 Å². The maximum absolute atomic E-state index is 12.8. The molecule has 24 heavy (non-hydrogen) atoms. The maximum atomic E-state index is 12.8. The van der Waals surface area contributed by atoms with Crippen molar-refractivity contribution in [2.75, 3.05) is 0 Å². The Balaban J connectivity index is 1.83. The van der Waals surface area contributed by atoms with Gasteiger partial charge >= 0.3 is 6.18 Å². The van der Waals surface area contributed by atoms with E-state index in [2.05, 4.69) is 15.0 Å². The predicted molar refractivity (Wildman–Crippen MR) is 86.5 cm³/mol. The van der Waals surface area contributed by atoms with Crippen molar-refractivity contribution in [2.24, 2.45) is 0 Å². The lowest BCUT2D eigenvalue weighted by Gasteiger charge is -2.08. The highest BCUT2D eigenvalue weighted by atomic mass is 35.5. The van der Waals surface area contributed by atoms with Crippen molar-refractivity contribution in [2.45, 2.75) is 24.0 Å². The van der Waals surface area contributed by atoms with E-state index in [1.165, 1.54) is 6.92 Å². The number of thioether (sulfide) groups is 1. The minimum Gasteiger partial charge on any atom is -0.304 e. The average Bonchev–Trinajstić information content (AvgIpc) is 2.87. The Morgan fingerprint density at radius 1 is 1.12 bits per heavy atom. The molecule has 0 unspecified atom stereocenters. The standard InChI is InChI=1S/C14H9Cl2F3N4S/c1-7-2-11(14(17,18)19)22-13(20-7)24-6-9-5-23-4-8(15)3-10(16)12(23)21-9/h2-5H,6H2,1H3. The Bertz CT molecular complexity index is 911. The van der Waals surface area contributed by atoms with Crippen molar-refractivity contribution in [1.82, 2.24) is 19.4 Å². The van der Waals surface area contributed by atoms with Crippen LogP contribution in [0.5, 0.6) is 0 Å². The number of nitrogens with zero attached hydrogens (tertiary/aromatic N) is 4. The second-order valence-electron chi connectivity index (χ2n) is 4.93. The van der Waals surface area contributed by atoms with Gasteiger partial charge in [-0.25, -0.2) is 15.0 Å². The lowest BCUT2D eigenvalue weighted by atomic mass is 10.3. The van der Waals surface area contributed by atoms with Crippen LogP contribution in [-0.2, 0) is 11.9 Å². The van der Waals surface area contributed by atoms with Crippen molar-refractivity contribution in [3.63, 3.8) is 0 Å². The number of halogens is 5. The number of hydrogen-bond donors (Lipinski definition) is 0. The van der Waals surface area contributed by atoms with Crippen LogP contribution >= 0.6 is 35.0 Å². The van der Waals surface area contributed by atoms with Gasteiger partial charge in [0.25, 0.3) is 0 Å². The summed E-state index contributed by atoms with van der Waals surface area (Å²) in [7, 11) is 0. The smallest absolute Gasteiger partial charge is 0.304 e. The highest BCUT2D eigenvalue weighted by Crippen LogP contribution is 2.30. The summed E-state index contributed by atoms with van der Waals surface area (Å²) in [6.45, 7) is 1.49. The first-order valence-electron chi connectivity index (χ1n) is 6.60. The molecule has 0 fully saturated rings. The molecule has 3 rings (SSSR count). The molecule has 0 saturated heterocycles. The summed E-state index contributed by atoms with van der Waals surface area (Å²) >= 11 is 13.0. The molecule has 0 aliphatic rings. The number of aromatic nitrogens is 4. The van der Waals surface area contributed by atoms with Crippen LogP contribution in [0.3, 0.4) is 0 Å².